The van der Waals surface area contributed by atoms with Gasteiger partial charge in [-0.3, -0.25) is 0 Å². The van der Waals surface area contributed by atoms with Gasteiger partial charge in [-0.1, -0.05) is 37.7 Å². The Morgan fingerprint density at radius 3 is 2.31 bits per heavy atom. The molecule has 0 radical (unpaired) electrons. The second kappa shape index (κ2) is 9.96. The number of halogens is 2. The monoisotopic (exact) mass is 432 g/mol. The Kier molecular flexibility index (Phi) is 6.85. The lowest BCUT2D eigenvalue weighted by molar-refractivity contribution is 0.0735. The second-order valence-electron chi connectivity index (χ2n) is 8.52. The average Bonchev–Trinajstić information content (AvgIpc) is 2.80. The molecule has 0 amide bonds. The molecular weight excluding hydrogens is 406 g/mol. The van der Waals surface area contributed by atoms with E-state index in [2.05, 4.69) is 18.8 Å². The maximum absolute atomic E-state index is 13.5. The summed E-state index contributed by atoms with van der Waals surface area (Å²) in [5, 5.41) is 0.994. The van der Waals surface area contributed by atoms with Crippen molar-refractivity contribution >= 4 is 16.7 Å². The molecule has 0 unspecified atom stereocenters. The number of benzene rings is 3. The van der Waals surface area contributed by atoms with Crippen molar-refractivity contribution in [2.24, 2.45) is 11.8 Å². The third kappa shape index (κ3) is 5.34. The van der Waals surface area contributed by atoms with Crippen LogP contribution >= 0.6 is 0 Å². The third-order valence-electron chi connectivity index (χ3n) is 6.15. The summed E-state index contributed by atoms with van der Waals surface area (Å²) in [7, 11) is 0. The van der Waals surface area contributed by atoms with Gasteiger partial charge in [-0.25, -0.2) is 13.6 Å². The van der Waals surface area contributed by atoms with Crippen molar-refractivity contribution in [1.82, 2.24) is 0 Å². The van der Waals surface area contributed by atoms with E-state index in [1.165, 1.54) is 44.6 Å². The zero-order valence-corrected chi connectivity index (χ0v) is 18.2. The summed E-state index contributed by atoms with van der Waals surface area (Å²) >= 11 is 0. The lowest BCUT2D eigenvalue weighted by Gasteiger charge is -2.25. The quantitative estimate of drug-likeness (QED) is 0.246. The van der Waals surface area contributed by atoms with Crippen molar-refractivity contribution in [3.8, 4) is 17.6 Å². The van der Waals surface area contributed by atoms with Gasteiger partial charge in [-0.05, 0) is 90.9 Å². The van der Waals surface area contributed by atoms with Crippen LogP contribution in [0.1, 0.15) is 61.4 Å². The molecule has 164 valence electrons. The Balaban J connectivity index is 1.38. The van der Waals surface area contributed by atoms with Gasteiger partial charge in [0.25, 0.3) is 0 Å². The zero-order valence-electron chi connectivity index (χ0n) is 18.2. The third-order valence-corrected chi connectivity index (χ3v) is 6.15. The minimum atomic E-state index is -0.938. The average molecular weight is 433 g/mol. The smallest absolute Gasteiger partial charge is 0.343 e. The van der Waals surface area contributed by atoms with Crippen LogP contribution in [-0.2, 0) is 0 Å². The van der Waals surface area contributed by atoms with E-state index in [1.54, 1.807) is 24.3 Å². The fourth-order valence-corrected chi connectivity index (χ4v) is 4.33. The molecule has 0 spiro atoms. The van der Waals surface area contributed by atoms with E-state index in [0.29, 0.717) is 22.3 Å². The van der Waals surface area contributed by atoms with Crippen LogP contribution in [0.3, 0.4) is 0 Å². The van der Waals surface area contributed by atoms with E-state index in [1.807, 2.05) is 12.1 Å². The zero-order chi connectivity index (χ0) is 22.5. The van der Waals surface area contributed by atoms with Crippen molar-refractivity contribution in [3.63, 3.8) is 0 Å². The molecule has 0 saturated heterocycles. The fraction of sp³-hybridized carbons (Fsp3) is 0.321. The van der Waals surface area contributed by atoms with Crippen molar-refractivity contribution in [1.29, 1.82) is 0 Å². The van der Waals surface area contributed by atoms with Gasteiger partial charge in [0.1, 0.15) is 5.75 Å². The maximum Gasteiger partial charge on any atom is 0.343 e. The minimum Gasteiger partial charge on any atom is -0.423 e. The molecule has 0 atom stereocenters. The van der Waals surface area contributed by atoms with E-state index < -0.39 is 17.6 Å². The number of carbonyl (C=O) groups is 1. The van der Waals surface area contributed by atoms with E-state index in [-0.39, 0.29) is 5.75 Å². The summed E-state index contributed by atoms with van der Waals surface area (Å²) in [6.07, 6.45) is 7.47. The largest absolute Gasteiger partial charge is 0.423 e. The predicted molar refractivity (Wildman–Crippen MR) is 122 cm³/mol. The second-order valence-corrected chi connectivity index (χ2v) is 8.52. The molecule has 3 aromatic carbocycles. The molecule has 0 N–H and O–H groups in total. The first-order valence-electron chi connectivity index (χ1n) is 11.2. The number of ether oxygens (including phenoxy) is 1. The normalized spacial score (nSPS) is 18.1. The lowest BCUT2D eigenvalue weighted by Crippen LogP contribution is -2.13. The first-order valence-corrected chi connectivity index (χ1v) is 11.2. The summed E-state index contributed by atoms with van der Waals surface area (Å²) in [6.45, 7) is 2.25. The van der Waals surface area contributed by atoms with Crippen LogP contribution in [0, 0.1) is 35.3 Å². The molecule has 0 aliphatic heterocycles. The van der Waals surface area contributed by atoms with Crippen LogP contribution < -0.4 is 4.74 Å². The Morgan fingerprint density at radius 1 is 0.938 bits per heavy atom. The molecule has 3 aromatic rings. The minimum absolute atomic E-state index is 0.274. The van der Waals surface area contributed by atoms with E-state index >= 15 is 0 Å². The number of esters is 1. The SMILES string of the molecule is CCCC1CCC(C#Cc2ccc(C(=O)Oc3ccc4cc(F)c(F)cc4c3)cc2)CC1. The summed E-state index contributed by atoms with van der Waals surface area (Å²) < 4.78 is 32.2. The van der Waals surface area contributed by atoms with Gasteiger partial charge in [-0.2, -0.15) is 0 Å². The summed E-state index contributed by atoms with van der Waals surface area (Å²) in [5.41, 5.74) is 1.28. The summed E-state index contributed by atoms with van der Waals surface area (Å²) in [5.74, 6) is 5.87. The predicted octanol–water partition coefficient (Wildman–Crippen LogP) is 7.30. The molecule has 0 heterocycles. The first-order chi connectivity index (χ1) is 15.5. The number of hydrogen-bond donors (Lipinski definition) is 0. The van der Waals surface area contributed by atoms with Gasteiger partial charge in [0.15, 0.2) is 11.6 Å². The van der Waals surface area contributed by atoms with Gasteiger partial charge in [0.05, 0.1) is 5.56 Å². The summed E-state index contributed by atoms with van der Waals surface area (Å²) in [4.78, 5) is 12.5. The van der Waals surface area contributed by atoms with E-state index in [4.69, 9.17) is 4.74 Å². The van der Waals surface area contributed by atoms with Crippen LogP contribution in [-0.4, -0.2) is 5.97 Å². The standard InChI is InChI=1S/C28H26F2O2/c1-2-3-19-4-6-20(7-5-19)8-9-21-10-12-22(13-11-21)28(31)32-25-15-14-23-17-26(29)27(30)18-24(23)16-25/h10-20H,2-7H2,1H3. The highest BCUT2D eigenvalue weighted by atomic mass is 19.2. The summed E-state index contributed by atoms with van der Waals surface area (Å²) in [6, 6.07) is 13.9. The Hall–Kier alpha value is -3.19. The molecule has 2 nitrogen and oxygen atoms in total. The number of carbonyl (C=O) groups excluding carboxylic acids is 1. The van der Waals surface area contributed by atoms with Crippen molar-refractivity contribution in [3.05, 3.63) is 77.4 Å². The number of rotatable bonds is 4. The highest BCUT2D eigenvalue weighted by molar-refractivity contribution is 5.92. The lowest BCUT2D eigenvalue weighted by atomic mass is 9.80. The molecule has 0 bridgehead atoms. The van der Waals surface area contributed by atoms with Crippen LogP contribution in [0.15, 0.2) is 54.6 Å². The fourth-order valence-electron chi connectivity index (χ4n) is 4.33. The van der Waals surface area contributed by atoms with Crippen molar-refractivity contribution in [2.45, 2.75) is 45.4 Å². The molecule has 1 aliphatic rings. The Labute approximate surface area is 187 Å². The van der Waals surface area contributed by atoms with E-state index in [0.717, 1.165) is 23.6 Å². The maximum atomic E-state index is 13.5. The van der Waals surface area contributed by atoms with Crippen molar-refractivity contribution < 1.29 is 18.3 Å². The first kappa shape index (κ1) is 22.0. The molecular formula is C28H26F2O2. The number of fused-ring (bicyclic) bond motifs is 1. The topological polar surface area (TPSA) is 26.3 Å². The van der Waals surface area contributed by atoms with Crippen LogP contribution in [0.25, 0.3) is 10.8 Å². The molecule has 0 aromatic heterocycles. The molecule has 1 aliphatic carbocycles. The molecule has 1 fully saturated rings. The van der Waals surface area contributed by atoms with Gasteiger partial charge >= 0.3 is 5.97 Å². The van der Waals surface area contributed by atoms with Crippen LogP contribution in [0.5, 0.6) is 5.75 Å². The molecule has 1 saturated carbocycles. The van der Waals surface area contributed by atoms with E-state index in [9.17, 15) is 13.6 Å². The highest BCUT2D eigenvalue weighted by Crippen LogP contribution is 2.31. The van der Waals surface area contributed by atoms with Crippen LogP contribution in [0.2, 0.25) is 0 Å². The molecule has 32 heavy (non-hydrogen) atoms. The molecule has 4 heteroatoms. The Morgan fingerprint density at radius 2 is 1.62 bits per heavy atom. The van der Waals surface area contributed by atoms with Crippen molar-refractivity contribution in [2.75, 3.05) is 0 Å². The Bertz CT molecular complexity index is 1160. The van der Waals surface area contributed by atoms with Gasteiger partial charge < -0.3 is 4.74 Å². The van der Waals surface area contributed by atoms with Gasteiger partial charge in [0.2, 0.25) is 0 Å². The van der Waals surface area contributed by atoms with Gasteiger partial charge in [-0.15, -0.1) is 0 Å². The molecule has 4 rings (SSSR count). The van der Waals surface area contributed by atoms with Gasteiger partial charge in [0, 0.05) is 11.5 Å². The van der Waals surface area contributed by atoms with Crippen LogP contribution in [0.4, 0.5) is 8.78 Å². The highest BCUT2D eigenvalue weighted by Gasteiger charge is 2.19. The number of hydrogen-bond acceptors (Lipinski definition) is 2.